The lowest BCUT2D eigenvalue weighted by molar-refractivity contribution is -0.140. The van der Waals surface area contributed by atoms with Crippen molar-refractivity contribution in [3.8, 4) is 5.75 Å². The maximum absolute atomic E-state index is 13.4. The standard InChI is InChI=1S/C20H25N6O8P/c1-13-11-26(20(29)23-19(13)28)18-10-16(24-25-21)17(33-18)12-32-35(30,22-8-9-31-14(2)27)34-15-6-4-3-5-7-15/h3-7,11,16-18H,8-10,12H2,1-2H3,(H,22,30)(H,23,28,29). The van der Waals surface area contributed by atoms with Gasteiger partial charge in [-0.25, -0.2) is 14.4 Å². The summed E-state index contributed by atoms with van der Waals surface area (Å²) in [7, 11) is -3.99. The number of azide groups is 1. The number of hydrogen-bond acceptors (Lipinski definition) is 9. The molecule has 35 heavy (non-hydrogen) atoms. The molecule has 0 aliphatic carbocycles. The summed E-state index contributed by atoms with van der Waals surface area (Å²) in [6.45, 7) is 2.37. The second-order valence-corrected chi connectivity index (χ2v) is 9.31. The Morgan fingerprint density at radius 1 is 1.37 bits per heavy atom. The number of aromatic nitrogens is 2. The van der Waals surface area contributed by atoms with Crippen molar-refractivity contribution in [3.05, 3.63) is 73.4 Å². The molecular formula is C20H25N6O8P. The summed E-state index contributed by atoms with van der Waals surface area (Å²) in [6, 6.07) is 7.54. The average Bonchev–Trinajstić information content (AvgIpc) is 3.21. The Bertz CT molecular complexity index is 1240. The minimum atomic E-state index is -3.99. The highest BCUT2D eigenvalue weighted by Gasteiger charge is 2.39. The Labute approximate surface area is 199 Å². The van der Waals surface area contributed by atoms with Gasteiger partial charge in [-0.15, -0.1) is 0 Å². The molecule has 0 radical (unpaired) electrons. The van der Waals surface area contributed by atoms with Crippen LogP contribution in [-0.2, 0) is 23.4 Å². The van der Waals surface area contributed by atoms with Crippen molar-refractivity contribution in [3.63, 3.8) is 0 Å². The van der Waals surface area contributed by atoms with E-state index in [2.05, 4.69) is 20.1 Å². The second-order valence-electron chi connectivity index (χ2n) is 7.56. The molecule has 0 spiro atoms. The van der Waals surface area contributed by atoms with Crippen LogP contribution in [0.2, 0.25) is 0 Å². The van der Waals surface area contributed by atoms with Gasteiger partial charge in [0.25, 0.3) is 5.56 Å². The normalized spacial score (nSPS) is 21.0. The second kappa shape index (κ2) is 11.8. The van der Waals surface area contributed by atoms with Crippen LogP contribution >= 0.6 is 7.75 Å². The maximum Gasteiger partial charge on any atom is 0.458 e. The zero-order valence-corrected chi connectivity index (χ0v) is 19.9. The number of aryl methyl sites for hydroxylation is 1. The molecule has 4 unspecified atom stereocenters. The van der Waals surface area contributed by atoms with E-state index < -0.39 is 43.3 Å². The number of aromatic amines is 1. The van der Waals surface area contributed by atoms with Crippen LogP contribution in [0.3, 0.4) is 0 Å². The van der Waals surface area contributed by atoms with Gasteiger partial charge >= 0.3 is 19.4 Å². The topological polar surface area (TPSA) is 187 Å². The molecule has 14 nitrogen and oxygen atoms in total. The van der Waals surface area contributed by atoms with Crippen molar-refractivity contribution in [1.82, 2.24) is 14.6 Å². The summed E-state index contributed by atoms with van der Waals surface area (Å²) in [5.74, 6) is -0.232. The lowest BCUT2D eigenvalue weighted by Gasteiger charge is -2.23. The van der Waals surface area contributed by atoms with E-state index in [0.29, 0.717) is 5.56 Å². The fourth-order valence-corrected chi connectivity index (χ4v) is 4.61. The Hall–Kier alpha value is -3.41. The number of esters is 1. The van der Waals surface area contributed by atoms with Gasteiger partial charge in [-0.1, -0.05) is 23.3 Å². The molecule has 0 bridgehead atoms. The van der Waals surface area contributed by atoms with Crippen LogP contribution < -0.4 is 20.9 Å². The third-order valence-corrected chi connectivity index (χ3v) is 6.50. The Kier molecular flexibility index (Phi) is 8.85. The molecule has 1 aliphatic heterocycles. The molecule has 1 aliphatic rings. The first-order chi connectivity index (χ1) is 16.7. The Balaban J connectivity index is 1.74. The van der Waals surface area contributed by atoms with Crippen molar-refractivity contribution in [2.24, 2.45) is 5.11 Å². The number of para-hydroxylation sites is 1. The van der Waals surface area contributed by atoms with E-state index in [9.17, 15) is 18.9 Å². The molecule has 1 fully saturated rings. The van der Waals surface area contributed by atoms with Gasteiger partial charge in [0.2, 0.25) is 0 Å². The van der Waals surface area contributed by atoms with Crippen LogP contribution in [0.4, 0.5) is 0 Å². The van der Waals surface area contributed by atoms with E-state index in [1.807, 2.05) is 0 Å². The number of benzene rings is 1. The molecule has 2 aromatic rings. The molecule has 3 rings (SSSR count). The first kappa shape index (κ1) is 26.2. The fourth-order valence-electron chi connectivity index (χ4n) is 3.30. The smallest absolute Gasteiger partial charge is 0.458 e. The summed E-state index contributed by atoms with van der Waals surface area (Å²) in [5, 5.41) is 6.33. The van der Waals surface area contributed by atoms with Gasteiger partial charge in [0.1, 0.15) is 18.6 Å². The number of nitrogens with zero attached hydrogens (tertiary/aromatic N) is 4. The van der Waals surface area contributed by atoms with Crippen LogP contribution in [0.5, 0.6) is 5.75 Å². The first-order valence-corrected chi connectivity index (χ1v) is 12.1. The van der Waals surface area contributed by atoms with E-state index in [4.69, 9.17) is 24.1 Å². The van der Waals surface area contributed by atoms with Gasteiger partial charge in [0.05, 0.1) is 18.8 Å². The zero-order valence-electron chi connectivity index (χ0n) is 19.0. The zero-order chi connectivity index (χ0) is 25.4. The van der Waals surface area contributed by atoms with Gasteiger partial charge in [-0.2, -0.15) is 0 Å². The summed E-state index contributed by atoms with van der Waals surface area (Å²) < 4.78 is 36.4. The number of H-pyrrole nitrogens is 1. The van der Waals surface area contributed by atoms with Crippen LogP contribution in [0.25, 0.3) is 10.4 Å². The number of nitrogens with one attached hydrogen (secondary N) is 2. The van der Waals surface area contributed by atoms with E-state index >= 15 is 0 Å². The van der Waals surface area contributed by atoms with Crippen LogP contribution in [-0.4, -0.2) is 47.4 Å². The number of ether oxygens (including phenoxy) is 2. The molecule has 1 saturated heterocycles. The van der Waals surface area contributed by atoms with Gasteiger partial charge in [-0.3, -0.25) is 23.7 Å². The highest BCUT2D eigenvalue weighted by Crippen LogP contribution is 2.45. The molecule has 4 atom stereocenters. The molecule has 2 N–H and O–H groups in total. The molecule has 1 aromatic heterocycles. The summed E-state index contributed by atoms with van der Waals surface area (Å²) in [6.07, 6.45) is -0.262. The van der Waals surface area contributed by atoms with E-state index in [-0.39, 0.29) is 31.9 Å². The number of rotatable bonds is 11. The summed E-state index contributed by atoms with van der Waals surface area (Å²) in [5.41, 5.74) is 8.06. The van der Waals surface area contributed by atoms with Gasteiger partial charge in [0.15, 0.2) is 0 Å². The molecule has 15 heteroatoms. The highest BCUT2D eigenvalue weighted by atomic mass is 31.2. The number of carbonyl (C=O) groups excluding carboxylic acids is 1. The SMILES string of the molecule is CC(=O)OCCNP(=O)(OCC1OC(n2cc(C)c(=O)[nH]c2=O)CC1N=[N+]=[N-])Oc1ccccc1. The first-order valence-electron chi connectivity index (χ1n) is 10.6. The number of carbonyl (C=O) groups is 1. The molecule has 0 amide bonds. The van der Waals surface area contributed by atoms with Gasteiger partial charge < -0.3 is 14.0 Å². The molecule has 0 saturated carbocycles. The molecule has 2 heterocycles. The van der Waals surface area contributed by atoms with E-state index in [1.165, 1.54) is 24.6 Å². The van der Waals surface area contributed by atoms with Gasteiger partial charge in [-0.05, 0) is 24.6 Å². The largest absolute Gasteiger partial charge is 0.465 e. The third kappa shape index (κ3) is 7.28. The van der Waals surface area contributed by atoms with Crippen LogP contribution in [0.15, 0.2) is 51.2 Å². The average molecular weight is 508 g/mol. The van der Waals surface area contributed by atoms with Crippen molar-refractivity contribution >= 4 is 13.7 Å². The van der Waals surface area contributed by atoms with Crippen molar-refractivity contribution < 1.29 is 27.9 Å². The lowest BCUT2D eigenvalue weighted by Crippen LogP contribution is -2.33. The lowest BCUT2D eigenvalue weighted by atomic mass is 10.1. The highest BCUT2D eigenvalue weighted by molar-refractivity contribution is 7.52. The van der Waals surface area contributed by atoms with E-state index in [1.54, 1.807) is 30.3 Å². The molecule has 188 valence electrons. The Morgan fingerprint density at radius 2 is 2.11 bits per heavy atom. The van der Waals surface area contributed by atoms with E-state index in [0.717, 1.165) is 0 Å². The minimum absolute atomic E-state index is 0.0241. The number of hydrogen-bond donors (Lipinski definition) is 2. The summed E-state index contributed by atoms with van der Waals surface area (Å²) in [4.78, 5) is 39.9. The predicted octanol–water partition coefficient (Wildman–Crippen LogP) is 2.17. The molecule has 1 aromatic carbocycles. The van der Waals surface area contributed by atoms with Crippen molar-refractivity contribution in [2.45, 2.75) is 38.6 Å². The van der Waals surface area contributed by atoms with Crippen molar-refractivity contribution in [1.29, 1.82) is 0 Å². The van der Waals surface area contributed by atoms with Crippen LogP contribution in [0.1, 0.15) is 25.1 Å². The maximum atomic E-state index is 13.4. The van der Waals surface area contributed by atoms with Gasteiger partial charge in [0, 0.05) is 36.6 Å². The summed E-state index contributed by atoms with van der Waals surface area (Å²) >= 11 is 0. The van der Waals surface area contributed by atoms with Crippen molar-refractivity contribution in [2.75, 3.05) is 19.8 Å². The monoisotopic (exact) mass is 508 g/mol. The molecular weight excluding hydrogens is 483 g/mol. The quantitative estimate of drug-likeness (QED) is 0.114. The predicted molar refractivity (Wildman–Crippen MR) is 123 cm³/mol. The third-order valence-electron chi connectivity index (χ3n) is 4.95. The fraction of sp³-hybridized carbons (Fsp3) is 0.450. The van der Waals surface area contributed by atoms with Crippen LogP contribution in [0, 0.1) is 6.92 Å². The Morgan fingerprint density at radius 3 is 2.80 bits per heavy atom. The minimum Gasteiger partial charge on any atom is -0.465 e.